The summed E-state index contributed by atoms with van der Waals surface area (Å²) >= 11 is 0. The van der Waals surface area contributed by atoms with Crippen LogP contribution in [0.1, 0.15) is 108 Å². The fraction of sp³-hybridized carbons (Fsp3) is 0.975. The number of likely N-dealkylation sites (N-methyl/N-ethyl adjacent to an activating group) is 1. The lowest BCUT2D eigenvalue weighted by atomic mass is 9.75. The number of nitrogens with zero attached hydrogens (tertiary/aromatic N) is 1. The number of esters is 1. The number of methoxy groups -OCH3 is 1. The maximum Gasteiger partial charge on any atom is 0.311 e. The zero-order chi connectivity index (χ0) is 45.1. The van der Waals surface area contributed by atoms with Gasteiger partial charge in [-0.3, -0.25) is 4.79 Å². The molecule has 348 valence electrons. The van der Waals surface area contributed by atoms with E-state index in [9.17, 15) is 38.7 Å². The Morgan fingerprint density at radius 3 is 2.19 bits per heavy atom. The molecule has 9 N–H and O–H groups in total. The van der Waals surface area contributed by atoms with Gasteiger partial charge in [0.25, 0.3) is 10.2 Å². The van der Waals surface area contributed by atoms with Crippen molar-refractivity contribution in [3.05, 3.63) is 0 Å². The first kappa shape index (κ1) is 52.2. The number of aliphatic hydroxyl groups excluding tert-OH is 2. The summed E-state index contributed by atoms with van der Waals surface area (Å²) in [6, 6.07) is -1.70. The van der Waals surface area contributed by atoms with Crippen LogP contribution in [0, 0.1) is 17.8 Å². The molecule has 0 bridgehead atoms. The van der Waals surface area contributed by atoms with Crippen LogP contribution in [-0.4, -0.2) is 168 Å². The van der Waals surface area contributed by atoms with Crippen molar-refractivity contribution in [1.82, 2.24) is 14.9 Å². The van der Waals surface area contributed by atoms with E-state index < -0.39 is 118 Å². The van der Waals surface area contributed by atoms with Crippen molar-refractivity contribution in [2.75, 3.05) is 33.8 Å². The lowest BCUT2D eigenvalue weighted by Crippen LogP contribution is -2.70. The summed E-state index contributed by atoms with van der Waals surface area (Å²) in [5.41, 5.74) is -6.29. The molecule has 0 aromatic heterocycles. The zero-order valence-electron chi connectivity index (χ0n) is 37.6. The van der Waals surface area contributed by atoms with Crippen molar-refractivity contribution in [2.45, 2.75) is 198 Å². The average molecular weight is 871 g/mol. The number of rotatable bonds is 12. The number of carbonyl (C=O) groups is 1. The van der Waals surface area contributed by atoms with Crippen LogP contribution < -0.4 is 15.8 Å². The smallest absolute Gasteiger partial charge is 0.311 e. The summed E-state index contributed by atoms with van der Waals surface area (Å²) in [6.45, 7) is 19.9. The Balaban J connectivity index is 2.19. The van der Waals surface area contributed by atoms with Crippen LogP contribution in [0.4, 0.5) is 0 Å². The lowest BCUT2D eigenvalue weighted by Gasteiger charge is -2.53. The first-order chi connectivity index (χ1) is 27.1. The molecule has 3 heterocycles. The Morgan fingerprint density at radius 2 is 1.63 bits per heavy atom. The molecule has 18 nitrogen and oxygen atoms in total. The van der Waals surface area contributed by atoms with E-state index in [0.717, 1.165) is 10.7 Å². The molecule has 0 radical (unpaired) electrons. The summed E-state index contributed by atoms with van der Waals surface area (Å²) in [5, 5.41) is 71.2. The normalized spacial score (nSPS) is 46.3. The minimum absolute atomic E-state index is 0.0215. The molecule has 59 heavy (non-hydrogen) atoms. The summed E-state index contributed by atoms with van der Waals surface area (Å²) in [5.74, 6) is -3.11. The highest BCUT2D eigenvalue weighted by Crippen LogP contribution is 2.43. The Hall–Kier alpha value is -1.14. The largest absolute Gasteiger partial charge is 0.459 e. The van der Waals surface area contributed by atoms with Gasteiger partial charge in [-0.05, 0) is 93.2 Å². The first-order valence-electron chi connectivity index (χ1n) is 21.2. The zero-order valence-corrected chi connectivity index (χ0v) is 38.4. The number of ether oxygens (including phenoxy) is 6. The second-order valence-electron chi connectivity index (χ2n) is 18.3. The molecule has 0 aliphatic carbocycles. The molecule has 0 aromatic rings. The average Bonchev–Trinajstić information content (AvgIpc) is 3.15. The maximum absolute atomic E-state index is 14.3. The number of aliphatic hydroxyl groups is 5. The third-order valence-corrected chi connectivity index (χ3v) is 14.3. The number of carbonyl (C=O) groups excluding carboxylic acids is 1. The first-order valence-corrected chi connectivity index (χ1v) is 22.7. The van der Waals surface area contributed by atoms with E-state index >= 15 is 0 Å². The molecule has 0 spiro atoms. The van der Waals surface area contributed by atoms with Crippen LogP contribution in [-0.2, 0) is 43.4 Å². The van der Waals surface area contributed by atoms with Crippen molar-refractivity contribution in [3.63, 3.8) is 0 Å². The number of cyclic esters (lactones) is 1. The number of nitrogens with one attached hydrogen (secondary N) is 2. The van der Waals surface area contributed by atoms with Crippen LogP contribution in [0.5, 0.6) is 0 Å². The third-order valence-electron chi connectivity index (χ3n) is 13.2. The summed E-state index contributed by atoms with van der Waals surface area (Å²) in [4.78, 5) is 14.3. The van der Waals surface area contributed by atoms with E-state index in [1.807, 2.05) is 13.8 Å². The molecule has 3 aliphatic rings. The Labute approximate surface area is 352 Å². The van der Waals surface area contributed by atoms with E-state index in [0.29, 0.717) is 13.1 Å². The molecule has 0 saturated carbocycles. The second-order valence-corrected chi connectivity index (χ2v) is 19.9. The Kier molecular flexibility index (Phi) is 18.2. The minimum atomic E-state index is -4.23. The third kappa shape index (κ3) is 11.9. The summed E-state index contributed by atoms with van der Waals surface area (Å²) < 4.78 is 63.6. The van der Waals surface area contributed by atoms with Gasteiger partial charge >= 0.3 is 5.97 Å². The van der Waals surface area contributed by atoms with Gasteiger partial charge in [0.05, 0.1) is 42.0 Å². The van der Waals surface area contributed by atoms with Crippen molar-refractivity contribution in [1.29, 1.82) is 0 Å². The van der Waals surface area contributed by atoms with E-state index in [-0.39, 0.29) is 38.1 Å². The molecular weight excluding hydrogens is 793 g/mol. The van der Waals surface area contributed by atoms with Crippen molar-refractivity contribution in [3.8, 4) is 0 Å². The van der Waals surface area contributed by atoms with Crippen LogP contribution in [0.3, 0.4) is 0 Å². The molecular formula is C40H78N4O14S. The number of hydrogen-bond donors (Lipinski definition) is 8. The summed E-state index contributed by atoms with van der Waals surface area (Å²) in [6.07, 6.45) is -9.24. The lowest BCUT2D eigenvalue weighted by molar-refractivity contribution is -0.336. The number of nitrogens with two attached hydrogens (primary N) is 1. The van der Waals surface area contributed by atoms with E-state index in [4.69, 9.17) is 33.6 Å². The quantitative estimate of drug-likeness (QED) is 0.0981. The predicted molar refractivity (Wildman–Crippen MR) is 219 cm³/mol. The van der Waals surface area contributed by atoms with Gasteiger partial charge in [-0.25, -0.2) is 5.14 Å². The van der Waals surface area contributed by atoms with Gasteiger partial charge in [0.2, 0.25) is 0 Å². The van der Waals surface area contributed by atoms with Gasteiger partial charge in [0, 0.05) is 39.1 Å². The van der Waals surface area contributed by atoms with Crippen LogP contribution in [0.2, 0.25) is 0 Å². The van der Waals surface area contributed by atoms with Gasteiger partial charge in [-0.15, -0.1) is 0 Å². The topological polar surface area (TPSA) is 261 Å². The molecule has 3 saturated heterocycles. The Bertz CT molecular complexity index is 1460. The van der Waals surface area contributed by atoms with Gasteiger partial charge in [-0.2, -0.15) is 12.7 Å². The molecule has 19 heteroatoms. The molecule has 3 fully saturated rings. The van der Waals surface area contributed by atoms with Gasteiger partial charge in [-0.1, -0.05) is 27.7 Å². The number of hydrogen-bond acceptors (Lipinski definition) is 16. The standard InChI is InChI=1S/C40H78N4O14S/c1-14-16-42-21-40(50)27(8)55-30(19-38(40,10)53-13)57-32-24(5)34(58-36-31(45)28(17-23(4)54-36)44(12)59(41,51)52)37(9,48)18-22(3)20-43-26(7)33(46)39(11,49)29(15-2)56-35(47)25(32)6/h22-34,36,42-43,45-46,48-50H,14-21H2,1-13H3,(H2,41,51,52)/t22-,23-,24+,25-,26-,27+,28+,29-,30+,31-,32+,33-,34-,36+,37-,38-,39-,40+/m1/s1. The molecule has 18 atom stereocenters. The highest BCUT2D eigenvalue weighted by Gasteiger charge is 2.58. The maximum atomic E-state index is 14.3. The molecule has 0 amide bonds. The van der Waals surface area contributed by atoms with Gasteiger partial charge in [0.15, 0.2) is 12.6 Å². The molecule has 0 unspecified atom stereocenters. The predicted octanol–water partition coefficient (Wildman–Crippen LogP) is 0.502. The highest BCUT2D eigenvalue weighted by molar-refractivity contribution is 7.86. The minimum Gasteiger partial charge on any atom is -0.459 e. The molecule has 3 rings (SSSR count). The van der Waals surface area contributed by atoms with Crippen LogP contribution >= 0.6 is 0 Å². The van der Waals surface area contributed by atoms with E-state index in [2.05, 4.69) is 10.6 Å². The fourth-order valence-corrected chi connectivity index (χ4v) is 9.83. The van der Waals surface area contributed by atoms with Gasteiger partial charge < -0.3 is 64.6 Å². The molecule has 0 aromatic carbocycles. The Morgan fingerprint density at radius 1 is 1.00 bits per heavy atom. The van der Waals surface area contributed by atoms with Gasteiger partial charge in [0.1, 0.15) is 35.1 Å². The van der Waals surface area contributed by atoms with E-state index in [1.54, 1.807) is 55.4 Å². The van der Waals surface area contributed by atoms with Crippen LogP contribution in [0.15, 0.2) is 0 Å². The van der Waals surface area contributed by atoms with Crippen molar-refractivity contribution >= 4 is 16.2 Å². The second kappa shape index (κ2) is 20.6. The van der Waals surface area contributed by atoms with Crippen LogP contribution in [0.25, 0.3) is 0 Å². The highest BCUT2D eigenvalue weighted by atomic mass is 32.2. The fourth-order valence-electron chi connectivity index (χ4n) is 9.24. The molecule has 3 aliphatic heterocycles. The summed E-state index contributed by atoms with van der Waals surface area (Å²) in [7, 11) is -1.48. The monoisotopic (exact) mass is 871 g/mol. The van der Waals surface area contributed by atoms with E-state index in [1.165, 1.54) is 21.1 Å². The van der Waals surface area contributed by atoms with Crippen molar-refractivity contribution in [2.24, 2.45) is 22.9 Å². The van der Waals surface area contributed by atoms with Crippen molar-refractivity contribution < 1.29 is 67.2 Å². The SMILES string of the molecule is CCCNC[C@]1(O)[C@H](C)O[C@@H](O[C@H]2[C@H](C)[C@@H](O[C@@H]3O[C@H](C)C[C@H](N(C)S(N)(=O)=O)[C@H]3O)[C@](C)(O)C[C@@H](C)CN[C@H](C)[C@@H](O)[C@](C)(O)[C@@H](CC)OC(=O)[C@@H]2C)C[C@@]1(C)OC.